The minimum Gasteiger partial charge on any atom is -0.340 e. The Morgan fingerprint density at radius 3 is 2.00 bits per heavy atom. The van der Waals surface area contributed by atoms with Crippen LogP contribution in [-0.2, 0) is 12.8 Å². The van der Waals surface area contributed by atoms with Gasteiger partial charge in [0.2, 0.25) is 0 Å². The lowest BCUT2D eigenvalue weighted by molar-refractivity contribution is 1.01. The fraction of sp³-hybridized carbons (Fsp3) is 0.200. The van der Waals surface area contributed by atoms with Crippen LogP contribution in [0, 0.1) is 0 Å². The van der Waals surface area contributed by atoms with Crippen LogP contribution < -0.4 is 5.84 Å². The molecule has 0 atom stereocenters. The van der Waals surface area contributed by atoms with E-state index >= 15 is 0 Å². The van der Waals surface area contributed by atoms with Gasteiger partial charge in [-0.05, 0) is 24.0 Å². The molecular formula is C10H12N2. The second-order valence-corrected chi connectivity index (χ2v) is 3.02. The molecule has 0 saturated heterocycles. The molecule has 0 saturated carbocycles. The molecule has 2 heteroatoms. The molecule has 2 nitrogen and oxygen atoms in total. The van der Waals surface area contributed by atoms with Crippen molar-refractivity contribution in [1.29, 1.82) is 0 Å². The molecule has 0 spiro atoms. The van der Waals surface area contributed by atoms with E-state index in [0.717, 1.165) is 12.8 Å². The fourth-order valence-electron chi connectivity index (χ4n) is 1.48. The first-order valence-corrected chi connectivity index (χ1v) is 4.13. The van der Waals surface area contributed by atoms with Crippen LogP contribution in [0.5, 0.6) is 0 Å². The van der Waals surface area contributed by atoms with Gasteiger partial charge in [0.05, 0.1) is 0 Å². The molecule has 0 amide bonds. The van der Waals surface area contributed by atoms with E-state index in [1.807, 2.05) is 12.4 Å². The van der Waals surface area contributed by atoms with E-state index in [2.05, 4.69) is 24.3 Å². The first kappa shape index (κ1) is 7.22. The lowest BCUT2D eigenvalue weighted by atomic mass is 10.1. The Morgan fingerprint density at radius 2 is 1.50 bits per heavy atom. The third kappa shape index (κ3) is 1.28. The standard InChI is InChI=1S/C10H12N2/c11-12-7-9-5-3-1-2-4-6-10(9)8-12/h1-4,7-8H,5-6,11H2/b3-1-,4-2?. The Kier molecular flexibility index (Phi) is 1.74. The number of nitrogens with zero attached hydrogens (tertiary/aromatic N) is 1. The number of fused-ring (bicyclic) bond motifs is 1. The van der Waals surface area contributed by atoms with Gasteiger partial charge in [-0.15, -0.1) is 0 Å². The molecule has 0 bridgehead atoms. The molecule has 2 rings (SSSR count). The molecule has 62 valence electrons. The van der Waals surface area contributed by atoms with E-state index in [1.165, 1.54) is 11.1 Å². The Morgan fingerprint density at radius 1 is 1.00 bits per heavy atom. The highest BCUT2D eigenvalue weighted by atomic mass is 15.3. The van der Waals surface area contributed by atoms with Crippen molar-refractivity contribution in [2.45, 2.75) is 12.8 Å². The van der Waals surface area contributed by atoms with Gasteiger partial charge in [-0.2, -0.15) is 0 Å². The number of nitrogen functional groups attached to an aromatic ring is 1. The van der Waals surface area contributed by atoms with E-state index < -0.39 is 0 Å². The molecule has 0 aromatic carbocycles. The summed E-state index contributed by atoms with van der Waals surface area (Å²) in [6.45, 7) is 0. The number of hydrogen-bond donors (Lipinski definition) is 1. The zero-order valence-corrected chi connectivity index (χ0v) is 6.90. The van der Waals surface area contributed by atoms with Gasteiger partial charge in [-0.1, -0.05) is 24.3 Å². The summed E-state index contributed by atoms with van der Waals surface area (Å²) in [6.07, 6.45) is 14.4. The zero-order chi connectivity index (χ0) is 8.39. The molecule has 0 radical (unpaired) electrons. The van der Waals surface area contributed by atoms with Crippen LogP contribution >= 0.6 is 0 Å². The van der Waals surface area contributed by atoms with Gasteiger partial charge in [0, 0.05) is 12.4 Å². The molecule has 1 heterocycles. The van der Waals surface area contributed by atoms with E-state index in [-0.39, 0.29) is 0 Å². The minimum atomic E-state index is 0.990. The van der Waals surface area contributed by atoms with Gasteiger partial charge < -0.3 is 5.84 Å². The highest BCUT2D eigenvalue weighted by molar-refractivity contribution is 5.31. The van der Waals surface area contributed by atoms with Crippen LogP contribution in [0.1, 0.15) is 11.1 Å². The number of allylic oxidation sites excluding steroid dienone is 4. The summed E-state index contributed by atoms with van der Waals surface area (Å²) in [5.74, 6) is 5.63. The van der Waals surface area contributed by atoms with E-state index in [4.69, 9.17) is 5.84 Å². The van der Waals surface area contributed by atoms with Gasteiger partial charge in [0.25, 0.3) is 0 Å². The summed E-state index contributed by atoms with van der Waals surface area (Å²) < 4.78 is 1.64. The van der Waals surface area contributed by atoms with Crippen LogP contribution in [0.3, 0.4) is 0 Å². The number of hydrogen-bond acceptors (Lipinski definition) is 1. The first-order valence-electron chi connectivity index (χ1n) is 4.13. The van der Waals surface area contributed by atoms with E-state index in [1.54, 1.807) is 4.68 Å². The lowest BCUT2D eigenvalue weighted by Crippen LogP contribution is -2.03. The Bertz CT molecular complexity index is 300. The van der Waals surface area contributed by atoms with Gasteiger partial charge in [0.1, 0.15) is 0 Å². The normalized spacial score (nSPS) is 18.0. The molecule has 1 aliphatic rings. The van der Waals surface area contributed by atoms with Crippen LogP contribution in [0.4, 0.5) is 0 Å². The molecule has 0 aliphatic heterocycles. The minimum absolute atomic E-state index is 0.990. The van der Waals surface area contributed by atoms with Crippen molar-refractivity contribution >= 4 is 0 Å². The van der Waals surface area contributed by atoms with Gasteiger partial charge >= 0.3 is 0 Å². The Labute approximate surface area is 72.0 Å². The van der Waals surface area contributed by atoms with Crippen molar-refractivity contribution in [2.24, 2.45) is 0 Å². The van der Waals surface area contributed by atoms with Crippen molar-refractivity contribution in [2.75, 3.05) is 5.84 Å². The molecular weight excluding hydrogens is 148 g/mol. The summed E-state index contributed by atoms with van der Waals surface area (Å²) in [7, 11) is 0. The highest BCUT2D eigenvalue weighted by Gasteiger charge is 2.03. The quantitative estimate of drug-likeness (QED) is 0.572. The van der Waals surface area contributed by atoms with Crippen molar-refractivity contribution < 1.29 is 0 Å². The van der Waals surface area contributed by atoms with Crippen LogP contribution in [0.2, 0.25) is 0 Å². The van der Waals surface area contributed by atoms with Crippen LogP contribution in [-0.4, -0.2) is 4.68 Å². The predicted octanol–water partition coefficient (Wildman–Crippen LogP) is 1.41. The second kappa shape index (κ2) is 2.89. The van der Waals surface area contributed by atoms with E-state index in [0.29, 0.717) is 0 Å². The summed E-state index contributed by atoms with van der Waals surface area (Å²) >= 11 is 0. The SMILES string of the molecule is Nn1cc2c(c1)C/C=C\C=CC2. The third-order valence-corrected chi connectivity index (χ3v) is 2.08. The van der Waals surface area contributed by atoms with Crippen molar-refractivity contribution in [3.05, 3.63) is 47.8 Å². The maximum Gasteiger partial charge on any atom is 0.0294 e. The van der Waals surface area contributed by atoms with Crippen LogP contribution in [0.15, 0.2) is 36.7 Å². The molecule has 0 unspecified atom stereocenters. The molecule has 1 aromatic rings. The summed E-state index contributed by atoms with van der Waals surface area (Å²) in [6, 6.07) is 0. The van der Waals surface area contributed by atoms with Crippen LogP contribution in [0.25, 0.3) is 0 Å². The lowest BCUT2D eigenvalue weighted by Gasteiger charge is -1.98. The third-order valence-electron chi connectivity index (χ3n) is 2.08. The molecule has 12 heavy (non-hydrogen) atoms. The summed E-state index contributed by atoms with van der Waals surface area (Å²) in [4.78, 5) is 0. The van der Waals surface area contributed by atoms with Crippen molar-refractivity contribution in [3.63, 3.8) is 0 Å². The topological polar surface area (TPSA) is 30.9 Å². The smallest absolute Gasteiger partial charge is 0.0294 e. The second-order valence-electron chi connectivity index (χ2n) is 3.02. The average molecular weight is 160 g/mol. The highest BCUT2D eigenvalue weighted by Crippen LogP contribution is 2.13. The van der Waals surface area contributed by atoms with Gasteiger partial charge in [-0.3, -0.25) is 4.68 Å². The molecule has 1 aromatic heterocycles. The van der Waals surface area contributed by atoms with Gasteiger partial charge in [-0.25, -0.2) is 0 Å². The zero-order valence-electron chi connectivity index (χ0n) is 6.90. The Hall–Kier alpha value is -1.44. The maximum atomic E-state index is 5.63. The van der Waals surface area contributed by atoms with E-state index in [9.17, 15) is 0 Å². The van der Waals surface area contributed by atoms with Gasteiger partial charge in [0.15, 0.2) is 0 Å². The molecule has 0 fully saturated rings. The number of rotatable bonds is 0. The Balaban J connectivity index is 2.39. The largest absolute Gasteiger partial charge is 0.340 e. The molecule has 1 aliphatic carbocycles. The fourth-order valence-corrected chi connectivity index (χ4v) is 1.48. The number of nitrogens with two attached hydrogens (primary N) is 1. The van der Waals surface area contributed by atoms with Crippen molar-refractivity contribution in [3.8, 4) is 0 Å². The summed E-state index contributed by atoms with van der Waals surface area (Å²) in [5.41, 5.74) is 2.66. The maximum absolute atomic E-state index is 5.63. The number of aromatic nitrogens is 1. The first-order chi connectivity index (χ1) is 5.86. The molecule has 2 N–H and O–H groups in total. The summed E-state index contributed by atoms with van der Waals surface area (Å²) in [5, 5.41) is 0. The monoisotopic (exact) mass is 160 g/mol. The predicted molar refractivity (Wildman–Crippen MR) is 50.3 cm³/mol. The average Bonchev–Trinajstić information content (AvgIpc) is 2.32. The van der Waals surface area contributed by atoms with Crippen molar-refractivity contribution in [1.82, 2.24) is 4.68 Å².